The maximum atomic E-state index is 12.8. The van der Waals surface area contributed by atoms with E-state index in [1.807, 2.05) is 6.92 Å². The number of benzene rings is 1. The molecule has 178 valence electrons. The van der Waals surface area contributed by atoms with Crippen LogP contribution in [0.1, 0.15) is 93.1 Å². The smallest absolute Gasteiger partial charge is 0.243 e. The van der Waals surface area contributed by atoms with Crippen molar-refractivity contribution in [2.24, 2.45) is 5.92 Å². The lowest BCUT2D eigenvalue weighted by Gasteiger charge is -2.33. The first kappa shape index (κ1) is 22.0. The maximum absolute atomic E-state index is 12.8. The quantitative estimate of drug-likeness (QED) is 0.628. The molecule has 0 amide bonds. The average molecular weight is 478 g/mol. The van der Waals surface area contributed by atoms with Gasteiger partial charge < -0.3 is 4.90 Å². The number of fused-ring (bicyclic) bond motifs is 1. The molecule has 1 N–H and O–H groups in total. The Kier molecular flexibility index (Phi) is 5.38. The summed E-state index contributed by atoms with van der Waals surface area (Å²) in [6.07, 6.45) is 12.0. The van der Waals surface area contributed by atoms with Gasteiger partial charge in [-0.1, -0.05) is 25.0 Å². The Labute approximate surface area is 201 Å². The minimum Gasteiger partial charge on any atom is -0.356 e. The van der Waals surface area contributed by atoms with Gasteiger partial charge in [-0.3, -0.25) is 0 Å². The summed E-state index contributed by atoms with van der Waals surface area (Å²) in [5.41, 5.74) is 3.55. The normalized spacial score (nSPS) is 25.8. The van der Waals surface area contributed by atoms with E-state index in [2.05, 4.69) is 43.9 Å². The summed E-state index contributed by atoms with van der Waals surface area (Å²) < 4.78 is 28.4. The Hall–Kier alpha value is -2.50. The summed E-state index contributed by atoms with van der Waals surface area (Å²) >= 11 is 0. The second-order valence-corrected chi connectivity index (χ2v) is 12.2. The van der Waals surface area contributed by atoms with E-state index in [1.165, 1.54) is 43.6 Å². The number of rotatable bonds is 7. The standard InChI is InChI=1S/C26H31N5O2S/c1-16(17-6-7-17)30-34(32,33)21-14-28-26(29-15-21)25-23(13-27)22-11-10-19(18-8-9-18)12-24(22)31(25)20-4-2-3-5-20/h10-12,14-18,20,23,25,30H,2-9H2,1H3/t16-,23?,25?/m0/s1. The molecule has 2 unspecified atom stereocenters. The summed E-state index contributed by atoms with van der Waals surface area (Å²) in [4.78, 5) is 11.6. The van der Waals surface area contributed by atoms with Crippen LogP contribution in [0.4, 0.5) is 5.69 Å². The second-order valence-electron chi connectivity index (χ2n) is 10.5. The predicted octanol–water partition coefficient (Wildman–Crippen LogP) is 4.54. The zero-order chi connectivity index (χ0) is 23.4. The highest BCUT2D eigenvalue weighted by Gasteiger charge is 2.45. The number of sulfonamides is 1. The predicted molar refractivity (Wildman–Crippen MR) is 129 cm³/mol. The molecule has 3 aliphatic carbocycles. The molecule has 34 heavy (non-hydrogen) atoms. The number of anilines is 1. The van der Waals surface area contributed by atoms with Gasteiger partial charge in [-0.05, 0) is 74.5 Å². The van der Waals surface area contributed by atoms with Crippen LogP contribution < -0.4 is 9.62 Å². The Balaban J connectivity index is 1.34. The summed E-state index contributed by atoms with van der Waals surface area (Å²) in [5.74, 6) is 1.21. The van der Waals surface area contributed by atoms with Crippen LogP contribution in [0.5, 0.6) is 0 Å². The minimum atomic E-state index is -3.67. The van der Waals surface area contributed by atoms with Gasteiger partial charge in [0.2, 0.25) is 10.0 Å². The molecule has 7 nitrogen and oxygen atoms in total. The van der Waals surface area contributed by atoms with Crippen molar-refractivity contribution in [2.75, 3.05) is 4.90 Å². The topological polar surface area (TPSA) is 99.0 Å². The fraction of sp³-hybridized carbons (Fsp3) is 0.577. The molecule has 0 saturated heterocycles. The number of hydrogen-bond donors (Lipinski definition) is 1. The molecule has 1 aromatic carbocycles. The first-order valence-corrected chi connectivity index (χ1v) is 14.1. The number of nitrogens with one attached hydrogen (secondary N) is 1. The summed E-state index contributed by atoms with van der Waals surface area (Å²) in [6.45, 7) is 1.91. The molecule has 3 saturated carbocycles. The zero-order valence-corrected chi connectivity index (χ0v) is 20.3. The highest BCUT2D eigenvalue weighted by molar-refractivity contribution is 7.89. The van der Waals surface area contributed by atoms with Crippen LogP contribution in [0.2, 0.25) is 0 Å². The molecule has 1 aliphatic heterocycles. The van der Waals surface area contributed by atoms with E-state index >= 15 is 0 Å². The highest BCUT2D eigenvalue weighted by atomic mass is 32.2. The van der Waals surface area contributed by atoms with Gasteiger partial charge in [-0.25, -0.2) is 23.1 Å². The summed E-state index contributed by atoms with van der Waals surface area (Å²) in [5, 5.41) is 10.2. The van der Waals surface area contributed by atoms with Crippen molar-refractivity contribution in [1.82, 2.24) is 14.7 Å². The van der Waals surface area contributed by atoms with E-state index in [1.54, 1.807) is 0 Å². The van der Waals surface area contributed by atoms with Gasteiger partial charge in [0.1, 0.15) is 16.9 Å². The average Bonchev–Trinajstić information content (AvgIpc) is 3.77. The molecule has 2 aromatic rings. The van der Waals surface area contributed by atoms with Crippen molar-refractivity contribution in [3.05, 3.63) is 47.5 Å². The summed E-state index contributed by atoms with van der Waals surface area (Å²) in [7, 11) is -3.67. The monoisotopic (exact) mass is 477 g/mol. The molecule has 8 heteroatoms. The molecular formula is C26H31N5O2S. The Morgan fingerprint density at radius 2 is 1.79 bits per heavy atom. The van der Waals surface area contributed by atoms with Gasteiger partial charge in [-0.15, -0.1) is 0 Å². The fourth-order valence-corrected chi connectivity index (χ4v) is 7.04. The molecule has 4 aliphatic rings. The minimum absolute atomic E-state index is 0.0798. The zero-order valence-electron chi connectivity index (χ0n) is 19.5. The molecule has 3 fully saturated rings. The van der Waals surface area contributed by atoms with Crippen molar-refractivity contribution >= 4 is 15.7 Å². The van der Waals surface area contributed by atoms with E-state index < -0.39 is 10.0 Å². The third-order valence-electron chi connectivity index (χ3n) is 8.08. The summed E-state index contributed by atoms with van der Waals surface area (Å²) in [6, 6.07) is 9.09. The van der Waals surface area contributed by atoms with Crippen molar-refractivity contribution < 1.29 is 8.42 Å². The van der Waals surface area contributed by atoms with Gasteiger partial charge in [-0.2, -0.15) is 5.26 Å². The Morgan fingerprint density at radius 3 is 2.41 bits per heavy atom. The van der Waals surface area contributed by atoms with Crippen LogP contribution >= 0.6 is 0 Å². The van der Waals surface area contributed by atoms with Crippen LogP contribution in [-0.2, 0) is 10.0 Å². The Morgan fingerprint density at radius 1 is 1.09 bits per heavy atom. The number of aromatic nitrogens is 2. The van der Waals surface area contributed by atoms with Gasteiger partial charge in [0.15, 0.2) is 5.82 Å². The van der Waals surface area contributed by atoms with Crippen LogP contribution in [0.3, 0.4) is 0 Å². The van der Waals surface area contributed by atoms with Crippen molar-refractivity contribution in [1.29, 1.82) is 5.26 Å². The van der Waals surface area contributed by atoms with Crippen LogP contribution in [0.25, 0.3) is 0 Å². The van der Waals surface area contributed by atoms with E-state index in [-0.39, 0.29) is 22.9 Å². The molecular weight excluding hydrogens is 446 g/mol. The fourth-order valence-electron chi connectivity index (χ4n) is 5.84. The molecule has 2 heterocycles. The first-order valence-electron chi connectivity index (χ1n) is 12.6. The number of nitrogens with zero attached hydrogens (tertiary/aromatic N) is 4. The SMILES string of the molecule is C[C@H](NS(=O)(=O)c1cnc(C2C(C#N)c3ccc(C4CC4)cc3N2C2CCCC2)nc1)C1CC1. The number of hydrogen-bond acceptors (Lipinski definition) is 6. The molecule has 0 radical (unpaired) electrons. The van der Waals surface area contributed by atoms with Crippen LogP contribution in [-0.4, -0.2) is 30.5 Å². The van der Waals surface area contributed by atoms with Crippen molar-refractivity contribution in [2.45, 2.75) is 93.1 Å². The van der Waals surface area contributed by atoms with Crippen molar-refractivity contribution in [3.8, 4) is 6.07 Å². The second kappa shape index (κ2) is 8.31. The Bertz CT molecular complexity index is 1220. The molecule has 0 bridgehead atoms. The number of nitriles is 1. The van der Waals surface area contributed by atoms with Gasteiger partial charge >= 0.3 is 0 Å². The molecule has 0 spiro atoms. The largest absolute Gasteiger partial charge is 0.356 e. The van der Waals surface area contributed by atoms with E-state index in [4.69, 9.17) is 0 Å². The van der Waals surface area contributed by atoms with E-state index in [0.29, 0.717) is 23.7 Å². The molecule has 6 rings (SSSR count). The van der Waals surface area contributed by atoms with Crippen LogP contribution in [0, 0.1) is 17.2 Å². The third-order valence-corrected chi connectivity index (χ3v) is 9.60. The van der Waals surface area contributed by atoms with Crippen molar-refractivity contribution in [3.63, 3.8) is 0 Å². The van der Waals surface area contributed by atoms with Gasteiger partial charge in [0.05, 0.1) is 18.5 Å². The van der Waals surface area contributed by atoms with Crippen LogP contribution in [0.15, 0.2) is 35.5 Å². The lowest BCUT2D eigenvalue weighted by atomic mass is 9.94. The molecule has 1 aromatic heterocycles. The van der Waals surface area contributed by atoms with Gasteiger partial charge in [0.25, 0.3) is 0 Å². The molecule has 3 atom stereocenters. The lowest BCUT2D eigenvalue weighted by Crippen LogP contribution is -2.36. The lowest BCUT2D eigenvalue weighted by molar-refractivity contribution is 0.504. The van der Waals surface area contributed by atoms with E-state index in [0.717, 1.165) is 36.9 Å². The third kappa shape index (κ3) is 3.89. The van der Waals surface area contributed by atoms with Gasteiger partial charge in [0, 0.05) is 17.8 Å². The van der Waals surface area contributed by atoms with E-state index in [9.17, 15) is 13.7 Å². The maximum Gasteiger partial charge on any atom is 0.243 e. The first-order chi connectivity index (χ1) is 16.5. The highest BCUT2D eigenvalue weighted by Crippen LogP contribution is 2.53.